The molecule has 1 unspecified atom stereocenters. The summed E-state index contributed by atoms with van der Waals surface area (Å²) in [6.45, 7) is 7.91. The van der Waals surface area contributed by atoms with Gasteiger partial charge in [0.05, 0.1) is 6.10 Å². The molecule has 1 saturated carbocycles. The van der Waals surface area contributed by atoms with Crippen molar-refractivity contribution in [2.45, 2.75) is 52.1 Å². The molecule has 0 radical (unpaired) electrons. The highest BCUT2D eigenvalue weighted by Gasteiger charge is 2.23. The van der Waals surface area contributed by atoms with Crippen LogP contribution in [0.2, 0.25) is 0 Å². The van der Waals surface area contributed by atoms with Gasteiger partial charge in [-0.25, -0.2) is 0 Å². The summed E-state index contributed by atoms with van der Waals surface area (Å²) in [5.41, 5.74) is 0. The van der Waals surface area contributed by atoms with Crippen LogP contribution < -0.4 is 0 Å². The molecule has 0 amide bonds. The lowest BCUT2D eigenvalue weighted by Crippen LogP contribution is -2.27. The van der Waals surface area contributed by atoms with E-state index in [9.17, 15) is 5.11 Å². The molecule has 1 rings (SSSR count). The van der Waals surface area contributed by atoms with Crippen molar-refractivity contribution in [3.63, 3.8) is 0 Å². The Morgan fingerprint density at radius 1 is 1.36 bits per heavy atom. The van der Waals surface area contributed by atoms with Crippen molar-refractivity contribution in [3.8, 4) is 0 Å². The van der Waals surface area contributed by atoms with Crippen LogP contribution in [-0.2, 0) is 0 Å². The Kier molecular flexibility index (Phi) is 5.49. The van der Waals surface area contributed by atoms with Crippen molar-refractivity contribution in [1.82, 2.24) is 4.90 Å². The topological polar surface area (TPSA) is 23.5 Å². The van der Waals surface area contributed by atoms with Crippen molar-refractivity contribution >= 4 is 0 Å². The van der Waals surface area contributed by atoms with E-state index in [0.29, 0.717) is 0 Å². The van der Waals surface area contributed by atoms with Crippen molar-refractivity contribution in [1.29, 1.82) is 0 Å². The van der Waals surface area contributed by atoms with E-state index in [4.69, 9.17) is 0 Å². The fourth-order valence-electron chi connectivity index (χ4n) is 1.80. The first kappa shape index (κ1) is 12.0. The average molecular weight is 199 g/mol. The van der Waals surface area contributed by atoms with E-state index < -0.39 is 0 Å². The lowest BCUT2D eigenvalue weighted by atomic mass is 10.1. The molecule has 84 valence electrons. The Balaban J connectivity index is 2.01. The van der Waals surface area contributed by atoms with Crippen molar-refractivity contribution in [2.24, 2.45) is 5.92 Å². The Bertz CT molecular complexity index is 145. The number of rotatable bonds is 8. The quantitative estimate of drug-likeness (QED) is 0.648. The van der Waals surface area contributed by atoms with E-state index in [1.807, 2.05) is 6.92 Å². The summed E-state index contributed by atoms with van der Waals surface area (Å²) in [6, 6.07) is 0. The van der Waals surface area contributed by atoms with Crippen LogP contribution in [0, 0.1) is 5.92 Å². The van der Waals surface area contributed by atoms with E-state index in [2.05, 4.69) is 11.8 Å². The van der Waals surface area contributed by atoms with Crippen LogP contribution in [-0.4, -0.2) is 35.7 Å². The maximum Gasteiger partial charge on any atom is 0.0538 e. The molecular weight excluding hydrogens is 174 g/mol. The zero-order valence-electron chi connectivity index (χ0n) is 9.71. The Morgan fingerprint density at radius 2 is 2.07 bits per heavy atom. The normalized spacial score (nSPS) is 18.9. The fourth-order valence-corrected chi connectivity index (χ4v) is 1.80. The zero-order valence-corrected chi connectivity index (χ0v) is 9.71. The van der Waals surface area contributed by atoms with Crippen LogP contribution in [0.25, 0.3) is 0 Å². The van der Waals surface area contributed by atoms with Crippen LogP contribution in [0.3, 0.4) is 0 Å². The molecule has 0 bridgehead atoms. The van der Waals surface area contributed by atoms with Crippen molar-refractivity contribution < 1.29 is 5.11 Å². The summed E-state index contributed by atoms with van der Waals surface area (Å²) >= 11 is 0. The van der Waals surface area contributed by atoms with Gasteiger partial charge in [-0.1, -0.05) is 13.8 Å². The molecule has 2 heteroatoms. The number of nitrogens with zero attached hydrogens (tertiary/aromatic N) is 1. The molecular formula is C12H25NO. The van der Waals surface area contributed by atoms with Crippen LogP contribution >= 0.6 is 0 Å². The maximum absolute atomic E-state index is 9.42. The summed E-state index contributed by atoms with van der Waals surface area (Å²) < 4.78 is 0. The minimum Gasteiger partial charge on any atom is -0.393 e. The van der Waals surface area contributed by atoms with Crippen LogP contribution in [0.5, 0.6) is 0 Å². The molecule has 1 fully saturated rings. The molecule has 0 saturated heterocycles. The van der Waals surface area contributed by atoms with E-state index >= 15 is 0 Å². The van der Waals surface area contributed by atoms with Gasteiger partial charge < -0.3 is 10.0 Å². The number of aliphatic hydroxyl groups excluding tert-OH is 1. The lowest BCUT2D eigenvalue weighted by molar-refractivity contribution is 0.149. The highest BCUT2D eigenvalue weighted by atomic mass is 16.3. The van der Waals surface area contributed by atoms with Gasteiger partial charge >= 0.3 is 0 Å². The summed E-state index contributed by atoms with van der Waals surface area (Å²) in [5.74, 6) is 0.992. The molecule has 1 aliphatic rings. The number of hydrogen-bond acceptors (Lipinski definition) is 2. The third-order valence-electron chi connectivity index (χ3n) is 3.14. The SMILES string of the molecule is CCC(O)CCCN(CC)CC1CC1. The monoisotopic (exact) mass is 199 g/mol. The smallest absolute Gasteiger partial charge is 0.0538 e. The molecule has 0 aliphatic heterocycles. The highest BCUT2D eigenvalue weighted by molar-refractivity contribution is 4.76. The van der Waals surface area contributed by atoms with E-state index in [1.54, 1.807) is 0 Å². The lowest BCUT2D eigenvalue weighted by Gasteiger charge is -2.20. The highest BCUT2D eigenvalue weighted by Crippen LogP contribution is 2.29. The van der Waals surface area contributed by atoms with Crippen LogP contribution in [0.1, 0.15) is 46.0 Å². The van der Waals surface area contributed by atoms with Gasteiger partial charge in [0.25, 0.3) is 0 Å². The average Bonchev–Trinajstić information content (AvgIpc) is 2.99. The third-order valence-corrected chi connectivity index (χ3v) is 3.14. The molecule has 0 spiro atoms. The van der Waals surface area contributed by atoms with E-state index in [0.717, 1.165) is 25.2 Å². The standard InChI is InChI=1S/C12H25NO/c1-3-12(14)6-5-9-13(4-2)10-11-7-8-11/h11-12,14H,3-10H2,1-2H3. The Morgan fingerprint density at radius 3 is 2.57 bits per heavy atom. The second-order valence-corrected chi connectivity index (χ2v) is 4.54. The summed E-state index contributed by atoms with van der Waals surface area (Å²) in [4.78, 5) is 2.53. The summed E-state index contributed by atoms with van der Waals surface area (Å²) in [5, 5.41) is 9.42. The largest absolute Gasteiger partial charge is 0.393 e. The van der Waals surface area contributed by atoms with Crippen molar-refractivity contribution in [2.75, 3.05) is 19.6 Å². The molecule has 0 heterocycles. The molecule has 1 N–H and O–H groups in total. The second kappa shape index (κ2) is 6.41. The minimum absolute atomic E-state index is 0.0744. The molecule has 1 aliphatic carbocycles. The van der Waals surface area contributed by atoms with E-state index in [-0.39, 0.29) is 6.10 Å². The first-order chi connectivity index (χ1) is 6.76. The van der Waals surface area contributed by atoms with Gasteiger partial charge in [0.15, 0.2) is 0 Å². The molecule has 0 aromatic rings. The Hall–Kier alpha value is -0.0800. The fraction of sp³-hybridized carbons (Fsp3) is 1.00. The molecule has 2 nitrogen and oxygen atoms in total. The molecule has 0 aromatic heterocycles. The number of aliphatic hydroxyl groups is 1. The predicted molar refractivity (Wildman–Crippen MR) is 60.4 cm³/mol. The zero-order chi connectivity index (χ0) is 10.4. The van der Waals surface area contributed by atoms with Gasteiger partial charge in [0, 0.05) is 6.54 Å². The number of hydrogen-bond donors (Lipinski definition) is 1. The van der Waals surface area contributed by atoms with Gasteiger partial charge in [-0.15, -0.1) is 0 Å². The van der Waals surface area contributed by atoms with Gasteiger partial charge in [0.2, 0.25) is 0 Å². The first-order valence-corrected chi connectivity index (χ1v) is 6.16. The van der Waals surface area contributed by atoms with Crippen LogP contribution in [0.15, 0.2) is 0 Å². The summed E-state index contributed by atoms with van der Waals surface area (Å²) in [6.07, 6.45) is 5.82. The second-order valence-electron chi connectivity index (χ2n) is 4.54. The predicted octanol–water partition coefficient (Wildman–Crippen LogP) is 2.27. The van der Waals surface area contributed by atoms with Gasteiger partial charge in [-0.05, 0) is 51.1 Å². The molecule has 0 aromatic carbocycles. The van der Waals surface area contributed by atoms with Gasteiger partial charge in [-0.3, -0.25) is 0 Å². The summed E-state index contributed by atoms with van der Waals surface area (Å²) in [7, 11) is 0. The van der Waals surface area contributed by atoms with Crippen LogP contribution in [0.4, 0.5) is 0 Å². The van der Waals surface area contributed by atoms with Gasteiger partial charge in [-0.2, -0.15) is 0 Å². The minimum atomic E-state index is -0.0744. The third kappa shape index (κ3) is 4.97. The molecule has 14 heavy (non-hydrogen) atoms. The maximum atomic E-state index is 9.42. The first-order valence-electron chi connectivity index (χ1n) is 6.16. The Labute approximate surface area is 88.3 Å². The molecule has 1 atom stereocenters. The van der Waals surface area contributed by atoms with Gasteiger partial charge in [0.1, 0.15) is 0 Å². The van der Waals surface area contributed by atoms with E-state index in [1.165, 1.54) is 32.5 Å². The van der Waals surface area contributed by atoms with Crippen molar-refractivity contribution in [3.05, 3.63) is 0 Å².